The zero-order valence-electron chi connectivity index (χ0n) is 21.2. The van der Waals surface area contributed by atoms with Crippen molar-refractivity contribution in [3.8, 4) is 17.2 Å². The summed E-state index contributed by atoms with van der Waals surface area (Å²) >= 11 is 1.17. The van der Waals surface area contributed by atoms with Crippen LogP contribution in [0.4, 0.5) is 0 Å². The van der Waals surface area contributed by atoms with Crippen LogP contribution in [0.1, 0.15) is 36.2 Å². The van der Waals surface area contributed by atoms with Crippen molar-refractivity contribution in [2.24, 2.45) is 10.1 Å². The number of hydrazone groups is 1. The first kappa shape index (κ1) is 24.8. The van der Waals surface area contributed by atoms with Crippen LogP contribution in [0.15, 0.2) is 39.9 Å². The van der Waals surface area contributed by atoms with Gasteiger partial charge < -0.3 is 18.9 Å². The van der Waals surface area contributed by atoms with Crippen molar-refractivity contribution in [3.05, 3.63) is 46.8 Å². The smallest absolute Gasteiger partial charge is 0.283 e. The fraction of sp³-hybridized carbons (Fsp3) is 0.346. The number of aromatic nitrogens is 1. The molecule has 5 rings (SSSR count). The fourth-order valence-corrected chi connectivity index (χ4v) is 5.62. The lowest BCUT2D eigenvalue weighted by Crippen LogP contribution is -2.35. The van der Waals surface area contributed by atoms with E-state index in [2.05, 4.69) is 10.1 Å². The molecule has 1 saturated heterocycles. The molecule has 37 heavy (non-hydrogen) atoms. The normalized spacial score (nSPS) is 18.3. The lowest BCUT2D eigenvalue weighted by molar-refractivity contribution is -0.128. The van der Waals surface area contributed by atoms with Gasteiger partial charge in [-0.05, 0) is 68.3 Å². The van der Waals surface area contributed by atoms with Crippen LogP contribution in [0.25, 0.3) is 11.8 Å². The number of amidine groups is 2. The number of thioether (sulfide) groups is 1. The Morgan fingerprint density at radius 3 is 2.62 bits per heavy atom. The minimum Gasteiger partial charge on any atom is -0.497 e. The van der Waals surface area contributed by atoms with Gasteiger partial charge in [-0.15, -0.1) is 0 Å². The Morgan fingerprint density at radius 2 is 1.92 bits per heavy atom. The minimum atomic E-state index is -0.505. The predicted octanol–water partition coefficient (Wildman–Crippen LogP) is 3.74. The number of nitrogens with zero attached hydrogens (tertiary/aromatic N) is 5. The fourth-order valence-electron chi connectivity index (χ4n) is 4.74. The molecule has 2 aromatic rings. The van der Waals surface area contributed by atoms with Gasteiger partial charge >= 0.3 is 0 Å². The summed E-state index contributed by atoms with van der Waals surface area (Å²) in [7, 11) is 3.22. The third-order valence-electron chi connectivity index (χ3n) is 6.65. The summed E-state index contributed by atoms with van der Waals surface area (Å²) in [6.45, 7) is 5.44. The van der Waals surface area contributed by atoms with Crippen LogP contribution in [0.3, 0.4) is 0 Å². The van der Waals surface area contributed by atoms with Gasteiger partial charge in [-0.25, -0.2) is 0 Å². The molecule has 0 saturated carbocycles. The molecule has 0 atom stereocenters. The highest BCUT2D eigenvalue weighted by Crippen LogP contribution is 2.34. The second kappa shape index (κ2) is 9.89. The molecule has 1 aromatic carbocycles. The Kier molecular flexibility index (Phi) is 6.63. The number of likely N-dealkylation sites (tertiary alicyclic amines) is 1. The van der Waals surface area contributed by atoms with Crippen LogP contribution in [-0.4, -0.2) is 69.6 Å². The van der Waals surface area contributed by atoms with E-state index in [1.165, 1.54) is 16.8 Å². The minimum absolute atomic E-state index is 0.0122. The molecule has 1 fully saturated rings. The lowest BCUT2D eigenvalue weighted by atomic mass is 10.1. The van der Waals surface area contributed by atoms with Gasteiger partial charge in [-0.2, -0.15) is 15.1 Å². The number of benzene rings is 1. The molecule has 0 unspecified atom stereocenters. The number of ether oxygens (including phenoxy) is 2. The number of carbonyl (C=O) groups excluding carboxylic acids is 2. The van der Waals surface area contributed by atoms with Crippen molar-refractivity contribution < 1.29 is 19.1 Å². The first-order valence-corrected chi connectivity index (χ1v) is 12.8. The first-order valence-electron chi connectivity index (χ1n) is 12.0. The van der Waals surface area contributed by atoms with Gasteiger partial charge in [0.15, 0.2) is 5.84 Å². The van der Waals surface area contributed by atoms with Crippen molar-refractivity contribution in [2.45, 2.75) is 33.1 Å². The summed E-state index contributed by atoms with van der Waals surface area (Å²) in [4.78, 5) is 31.5. The zero-order valence-corrected chi connectivity index (χ0v) is 22.0. The van der Waals surface area contributed by atoms with Crippen molar-refractivity contribution in [2.75, 3.05) is 27.3 Å². The van der Waals surface area contributed by atoms with E-state index >= 15 is 0 Å². The molecular weight excluding hydrogens is 492 g/mol. The van der Waals surface area contributed by atoms with Crippen molar-refractivity contribution in [3.63, 3.8) is 0 Å². The zero-order chi connectivity index (χ0) is 26.3. The Bertz CT molecular complexity index is 1400. The van der Waals surface area contributed by atoms with Gasteiger partial charge in [0, 0.05) is 30.5 Å². The molecule has 10 nitrogen and oxygen atoms in total. The van der Waals surface area contributed by atoms with E-state index in [-0.39, 0.29) is 23.7 Å². The first-order chi connectivity index (χ1) is 17.8. The van der Waals surface area contributed by atoms with E-state index in [4.69, 9.17) is 14.9 Å². The summed E-state index contributed by atoms with van der Waals surface area (Å²) in [5.41, 5.74) is 3.50. The molecule has 4 heterocycles. The third-order valence-corrected chi connectivity index (χ3v) is 7.56. The maximum Gasteiger partial charge on any atom is 0.283 e. The second-order valence-electron chi connectivity index (χ2n) is 8.98. The Balaban J connectivity index is 1.44. The summed E-state index contributed by atoms with van der Waals surface area (Å²) in [6, 6.07) is 7.51. The molecule has 0 bridgehead atoms. The summed E-state index contributed by atoms with van der Waals surface area (Å²) in [5, 5.41) is 15.3. The SMILES string of the molecule is COc1ccc(OC)c(-n2c(C)cc(C=C3C(=N)N4N=C(CC(=O)N5CCCC5)SC4=NC3=O)c2C)c1. The van der Waals surface area contributed by atoms with Gasteiger partial charge in [0.05, 0.1) is 31.9 Å². The molecular formula is C26H28N6O4S. The molecule has 0 spiro atoms. The van der Waals surface area contributed by atoms with Gasteiger partial charge in [0.25, 0.3) is 5.91 Å². The van der Waals surface area contributed by atoms with Crippen LogP contribution in [0.5, 0.6) is 11.5 Å². The van der Waals surface area contributed by atoms with Crippen LogP contribution in [-0.2, 0) is 9.59 Å². The number of hydrogen-bond acceptors (Lipinski definition) is 7. The topological polar surface area (TPSA) is 113 Å². The van der Waals surface area contributed by atoms with Crippen LogP contribution >= 0.6 is 11.8 Å². The van der Waals surface area contributed by atoms with Crippen molar-refractivity contribution in [1.82, 2.24) is 14.5 Å². The molecule has 0 radical (unpaired) electrons. The van der Waals surface area contributed by atoms with Gasteiger partial charge in [0.2, 0.25) is 11.1 Å². The number of methoxy groups -OCH3 is 2. The van der Waals surface area contributed by atoms with E-state index in [1.54, 1.807) is 20.3 Å². The molecule has 1 N–H and O–H groups in total. The maximum atomic E-state index is 12.9. The van der Waals surface area contributed by atoms with Crippen LogP contribution in [0, 0.1) is 19.3 Å². The summed E-state index contributed by atoms with van der Waals surface area (Å²) in [6.07, 6.45) is 3.85. The van der Waals surface area contributed by atoms with E-state index < -0.39 is 5.91 Å². The largest absolute Gasteiger partial charge is 0.497 e. The van der Waals surface area contributed by atoms with E-state index in [1.807, 2.05) is 47.6 Å². The average molecular weight is 521 g/mol. The molecule has 1 aromatic heterocycles. The molecule has 192 valence electrons. The van der Waals surface area contributed by atoms with Crippen molar-refractivity contribution >= 4 is 45.7 Å². The van der Waals surface area contributed by atoms with Crippen molar-refractivity contribution in [1.29, 1.82) is 5.41 Å². The molecule has 3 aliphatic rings. The highest BCUT2D eigenvalue weighted by molar-refractivity contribution is 8.27. The van der Waals surface area contributed by atoms with Gasteiger partial charge in [-0.3, -0.25) is 15.0 Å². The number of rotatable bonds is 6. The highest BCUT2D eigenvalue weighted by atomic mass is 32.2. The summed E-state index contributed by atoms with van der Waals surface area (Å²) < 4.78 is 13.0. The lowest BCUT2D eigenvalue weighted by Gasteiger charge is -2.20. The van der Waals surface area contributed by atoms with E-state index in [0.717, 1.165) is 48.6 Å². The Morgan fingerprint density at radius 1 is 1.16 bits per heavy atom. The predicted molar refractivity (Wildman–Crippen MR) is 144 cm³/mol. The molecule has 2 amide bonds. The molecule has 3 aliphatic heterocycles. The number of carbonyl (C=O) groups is 2. The van der Waals surface area contributed by atoms with Gasteiger partial charge in [0.1, 0.15) is 16.5 Å². The number of aliphatic imine (C=N–C) groups is 1. The van der Waals surface area contributed by atoms with E-state index in [9.17, 15) is 9.59 Å². The molecule has 11 heteroatoms. The quantitative estimate of drug-likeness (QED) is 0.581. The number of amides is 2. The second-order valence-corrected chi connectivity index (χ2v) is 10.0. The van der Waals surface area contributed by atoms with Crippen LogP contribution in [0.2, 0.25) is 0 Å². The number of fused-ring (bicyclic) bond motifs is 1. The average Bonchev–Trinajstić information content (AvgIpc) is 3.61. The van der Waals surface area contributed by atoms with E-state index in [0.29, 0.717) is 21.7 Å². The van der Waals surface area contributed by atoms with Gasteiger partial charge in [-0.1, -0.05) is 0 Å². The molecule has 0 aliphatic carbocycles. The third kappa shape index (κ3) is 4.55. The Hall–Kier alpha value is -3.86. The van der Waals surface area contributed by atoms with Crippen LogP contribution < -0.4 is 9.47 Å². The number of aryl methyl sites for hydroxylation is 1. The summed E-state index contributed by atoms with van der Waals surface area (Å²) in [5.74, 6) is 0.817. The Labute approximate surface area is 219 Å². The number of nitrogens with one attached hydrogen (secondary N) is 1. The standard InChI is InChI=1S/C26H28N6O4S/c1-15-11-17(16(2)31(15)20-13-18(35-3)7-8-21(20)36-4)12-19-24(27)32-26(28-25(19)34)37-22(29-32)14-23(33)30-9-5-6-10-30/h7-8,11-13,27H,5-6,9-10,14H2,1-4H3. The number of hydrogen-bond donors (Lipinski definition) is 1. The maximum absolute atomic E-state index is 12.9. The monoisotopic (exact) mass is 520 g/mol. The highest BCUT2D eigenvalue weighted by Gasteiger charge is 2.37.